The van der Waals surface area contributed by atoms with Crippen LogP contribution in [-0.4, -0.2) is 19.6 Å². The zero-order valence-corrected chi connectivity index (χ0v) is 7.81. The van der Waals surface area contributed by atoms with Crippen molar-refractivity contribution in [1.82, 2.24) is 5.32 Å². The second kappa shape index (κ2) is 3.17. The number of hydrogen-bond acceptors (Lipinski definition) is 3. The Hall–Kier alpha value is -0.990. The summed E-state index contributed by atoms with van der Waals surface area (Å²) in [6.07, 6.45) is 2.44. The van der Waals surface area contributed by atoms with E-state index in [1.54, 1.807) is 0 Å². The first-order chi connectivity index (χ1) is 5.53. The smallest absolute Gasteiger partial charge is 0.332 e. The molecule has 68 valence electrons. The molecular formula is C9H15NO2. The van der Waals surface area contributed by atoms with Crippen molar-refractivity contribution in [2.75, 3.05) is 13.7 Å². The minimum absolute atomic E-state index is 0.264. The molecule has 1 aliphatic heterocycles. The van der Waals surface area contributed by atoms with E-state index in [0.717, 1.165) is 18.7 Å². The fourth-order valence-electron chi connectivity index (χ4n) is 1.30. The average molecular weight is 169 g/mol. The number of methoxy groups -OCH3 is 1. The molecular weight excluding hydrogens is 154 g/mol. The van der Waals surface area contributed by atoms with Crippen LogP contribution >= 0.6 is 0 Å². The van der Waals surface area contributed by atoms with Crippen LogP contribution in [0.5, 0.6) is 0 Å². The van der Waals surface area contributed by atoms with E-state index in [1.807, 2.05) is 0 Å². The fourth-order valence-corrected chi connectivity index (χ4v) is 1.30. The summed E-state index contributed by atoms with van der Waals surface area (Å²) in [6.45, 7) is 5.26. The van der Waals surface area contributed by atoms with Gasteiger partial charge in [-0.15, -0.1) is 0 Å². The van der Waals surface area contributed by atoms with Gasteiger partial charge in [0, 0.05) is 18.3 Å². The second-order valence-electron chi connectivity index (χ2n) is 3.89. The van der Waals surface area contributed by atoms with Gasteiger partial charge in [-0.2, -0.15) is 0 Å². The van der Waals surface area contributed by atoms with E-state index in [1.165, 1.54) is 13.2 Å². The van der Waals surface area contributed by atoms with Crippen LogP contribution in [0, 0.1) is 5.41 Å². The molecule has 0 aromatic carbocycles. The van der Waals surface area contributed by atoms with Crippen LogP contribution in [0.2, 0.25) is 0 Å². The van der Waals surface area contributed by atoms with Crippen LogP contribution in [-0.2, 0) is 9.53 Å². The van der Waals surface area contributed by atoms with Crippen LogP contribution < -0.4 is 5.32 Å². The third-order valence-corrected chi connectivity index (χ3v) is 1.96. The molecule has 1 heterocycles. The molecule has 1 aliphatic rings. The van der Waals surface area contributed by atoms with Crippen molar-refractivity contribution < 1.29 is 9.53 Å². The van der Waals surface area contributed by atoms with Gasteiger partial charge in [0.15, 0.2) is 0 Å². The van der Waals surface area contributed by atoms with Gasteiger partial charge in [0.2, 0.25) is 0 Å². The maximum Gasteiger partial charge on any atom is 0.332 e. The Bertz CT molecular complexity index is 219. The van der Waals surface area contributed by atoms with Gasteiger partial charge in [0.05, 0.1) is 7.11 Å². The molecule has 0 spiro atoms. The van der Waals surface area contributed by atoms with E-state index >= 15 is 0 Å². The molecule has 0 unspecified atom stereocenters. The molecule has 1 fully saturated rings. The first kappa shape index (κ1) is 9.10. The number of rotatable bonds is 1. The summed E-state index contributed by atoms with van der Waals surface area (Å²) in [5, 5.41) is 3.17. The Labute approximate surface area is 72.8 Å². The summed E-state index contributed by atoms with van der Waals surface area (Å²) < 4.78 is 4.52. The lowest BCUT2D eigenvalue weighted by Gasteiger charge is -2.12. The average Bonchev–Trinajstić information content (AvgIpc) is 2.30. The summed E-state index contributed by atoms with van der Waals surface area (Å²) >= 11 is 0. The zero-order chi connectivity index (χ0) is 9.19. The lowest BCUT2D eigenvalue weighted by atomic mass is 9.92. The van der Waals surface area contributed by atoms with Crippen molar-refractivity contribution in [3.8, 4) is 0 Å². The van der Waals surface area contributed by atoms with E-state index < -0.39 is 0 Å². The highest BCUT2D eigenvalue weighted by molar-refractivity contribution is 5.82. The van der Waals surface area contributed by atoms with Crippen LogP contribution in [0.4, 0.5) is 0 Å². The second-order valence-corrected chi connectivity index (χ2v) is 3.89. The standard InChI is InChI=1S/C9H15NO2/c1-9(2)5-7(10-6-9)4-8(11)12-3/h4,10H,5-6H2,1-3H3/b7-4-. The van der Waals surface area contributed by atoms with Crippen LogP contribution in [0.3, 0.4) is 0 Å². The van der Waals surface area contributed by atoms with Gasteiger partial charge in [-0.1, -0.05) is 13.8 Å². The minimum Gasteiger partial charge on any atom is -0.466 e. The first-order valence-electron chi connectivity index (χ1n) is 4.06. The molecule has 0 amide bonds. The molecule has 0 aromatic rings. The van der Waals surface area contributed by atoms with Crippen molar-refractivity contribution in [2.45, 2.75) is 20.3 Å². The van der Waals surface area contributed by atoms with Gasteiger partial charge in [-0.3, -0.25) is 0 Å². The Morgan fingerprint density at radius 2 is 2.33 bits per heavy atom. The van der Waals surface area contributed by atoms with Gasteiger partial charge in [0.25, 0.3) is 0 Å². The third-order valence-electron chi connectivity index (χ3n) is 1.96. The van der Waals surface area contributed by atoms with E-state index in [-0.39, 0.29) is 11.4 Å². The monoisotopic (exact) mass is 169 g/mol. The van der Waals surface area contributed by atoms with E-state index in [2.05, 4.69) is 23.9 Å². The Balaban J connectivity index is 2.57. The predicted octanol–water partition coefficient (Wildman–Crippen LogP) is 1.06. The SMILES string of the molecule is COC(=O)/C=C1/CC(C)(C)CN1. The van der Waals surface area contributed by atoms with Gasteiger partial charge in [0.1, 0.15) is 0 Å². The zero-order valence-electron chi connectivity index (χ0n) is 7.81. The number of carbonyl (C=O) groups is 1. The van der Waals surface area contributed by atoms with E-state index in [0.29, 0.717) is 0 Å². The summed E-state index contributed by atoms with van der Waals surface area (Å²) in [4.78, 5) is 10.8. The van der Waals surface area contributed by atoms with E-state index in [9.17, 15) is 4.79 Å². The number of esters is 1. The maximum absolute atomic E-state index is 10.8. The fraction of sp³-hybridized carbons (Fsp3) is 0.667. The Morgan fingerprint density at radius 3 is 2.75 bits per heavy atom. The quantitative estimate of drug-likeness (QED) is 0.471. The molecule has 1 saturated heterocycles. The lowest BCUT2D eigenvalue weighted by molar-refractivity contribution is -0.134. The van der Waals surface area contributed by atoms with Gasteiger partial charge in [-0.05, 0) is 11.8 Å². The molecule has 12 heavy (non-hydrogen) atoms. The number of carbonyl (C=O) groups excluding carboxylic acids is 1. The minimum atomic E-state index is -0.282. The van der Waals surface area contributed by atoms with Crippen molar-refractivity contribution in [2.24, 2.45) is 5.41 Å². The third kappa shape index (κ3) is 2.26. The molecule has 0 bridgehead atoms. The molecule has 0 radical (unpaired) electrons. The molecule has 1 rings (SSSR count). The van der Waals surface area contributed by atoms with Crippen molar-refractivity contribution in [1.29, 1.82) is 0 Å². The molecule has 3 heteroatoms. The summed E-state index contributed by atoms with van der Waals surface area (Å²) in [5.74, 6) is -0.282. The normalized spacial score (nSPS) is 23.8. The number of nitrogens with one attached hydrogen (secondary N) is 1. The highest BCUT2D eigenvalue weighted by atomic mass is 16.5. The highest BCUT2D eigenvalue weighted by Gasteiger charge is 2.26. The summed E-state index contributed by atoms with van der Waals surface area (Å²) in [6, 6.07) is 0. The molecule has 0 atom stereocenters. The summed E-state index contributed by atoms with van der Waals surface area (Å²) in [7, 11) is 1.39. The highest BCUT2D eigenvalue weighted by Crippen LogP contribution is 2.28. The number of allylic oxidation sites excluding steroid dienone is 1. The van der Waals surface area contributed by atoms with Gasteiger partial charge >= 0.3 is 5.97 Å². The van der Waals surface area contributed by atoms with Crippen molar-refractivity contribution >= 4 is 5.97 Å². The Morgan fingerprint density at radius 1 is 1.67 bits per heavy atom. The lowest BCUT2D eigenvalue weighted by Crippen LogP contribution is -2.15. The van der Waals surface area contributed by atoms with E-state index in [4.69, 9.17) is 0 Å². The summed E-state index contributed by atoms with van der Waals surface area (Å²) in [5.41, 5.74) is 1.24. The Kier molecular flexibility index (Phi) is 2.40. The predicted molar refractivity (Wildman–Crippen MR) is 46.5 cm³/mol. The molecule has 0 aliphatic carbocycles. The molecule has 0 saturated carbocycles. The van der Waals surface area contributed by atoms with Crippen LogP contribution in [0.15, 0.2) is 11.8 Å². The number of hydrogen-bond donors (Lipinski definition) is 1. The molecule has 1 N–H and O–H groups in total. The van der Waals surface area contributed by atoms with Crippen molar-refractivity contribution in [3.05, 3.63) is 11.8 Å². The largest absolute Gasteiger partial charge is 0.466 e. The van der Waals surface area contributed by atoms with Crippen molar-refractivity contribution in [3.63, 3.8) is 0 Å². The number of ether oxygens (including phenoxy) is 1. The molecule has 0 aromatic heterocycles. The maximum atomic E-state index is 10.8. The first-order valence-corrected chi connectivity index (χ1v) is 4.06. The van der Waals surface area contributed by atoms with Crippen LogP contribution in [0.1, 0.15) is 20.3 Å². The molecule has 3 nitrogen and oxygen atoms in total. The topological polar surface area (TPSA) is 38.3 Å². The van der Waals surface area contributed by atoms with Gasteiger partial charge < -0.3 is 10.1 Å². The van der Waals surface area contributed by atoms with Crippen LogP contribution in [0.25, 0.3) is 0 Å². The van der Waals surface area contributed by atoms with Gasteiger partial charge in [-0.25, -0.2) is 4.79 Å².